The van der Waals surface area contributed by atoms with Crippen molar-refractivity contribution in [1.82, 2.24) is 0 Å². The summed E-state index contributed by atoms with van der Waals surface area (Å²) in [6.07, 6.45) is 2.84. The Morgan fingerprint density at radius 3 is 1.67 bits per heavy atom. The Morgan fingerprint density at radius 2 is 1.47 bits per heavy atom. The lowest BCUT2D eigenvalue weighted by atomic mass is 10.3. The van der Waals surface area contributed by atoms with Crippen molar-refractivity contribution < 1.29 is 17.5 Å². The molecule has 0 bridgehead atoms. The fourth-order valence-corrected chi connectivity index (χ4v) is 1.24. The number of carboxylic acids is 1. The molecule has 1 radical (unpaired) electrons. The second kappa shape index (κ2) is 12.0. The van der Waals surface area contributed by atoms with Crippen LogP contribution in [0.3, 0.4) is 0 Å². The highest BCUT2D eigenvalue weighted by atomic mass is 27.2. The van der Waals surface area contributed by atoms with Gasteiger partial charge in [-0.1, -0.05) is 13.8 Å². The zero-order valence-electron chi connectivity index (χ0n) is 10.3. The lowest BCUT2D eigenvalue weighted by molar-refractivity contribution is -0.134. The minimum Gasteiger partial charge on any atom is -0.481 e. The van der Waals surface area contributed by atoms with Crippen molar-refractivity contribution in [1.29, 1.82) is 0 Å². The molecule has 15 heavy (non-hydrogen) atoms. The number of hydrogen-bond acceptors (Lipinski definition) is 3. The molecule has 2 unspecified atom stereocenters. The first kappa shape index (κ1) is 17.3. The second-order valence-electron chi connectivity index (χ2n) is 3.33. The average molecular weight is 233 g/mol. The molecule has 0 aromatic carbocycles. The van der Waals surface area contributed by atoms with Gasteiger partial charge in [0, 0.05) is 19.1 Å². The summed E-state index contributed by atoms with van der Waals surface area (Å²) in [5.74, 6) is -0.833. The molecule has 0 heterocycles. The molecule has 0 aliphatic rings. The molecule has 0 aliphatic carbocycles. The SMILES string of the molecule is CC(=O)O.CCC(C)[O][Al][O]C(C)CC. The summed E-state index contributed by atoms with van der Waals surface area (Å²) in [7, 11) is 0. The molecule has 0 rings (SSSR count). The summed E-state index contributed by atoms with van der Waals surface area (Å²) in [5.41, 5.74) is 0. The van der Waals surface area contributed by atoms with Crippen LogP contribution >= 0.6 is 0 Å². The van der Waals surface area contributed by atoms with Gasteiger partial charge in [-0.3, -0.25) is 4.79 Å². The first-order valence-electron chi connectivity index (χ1n) is 5.26. The van der Waals surface area contributed by atoms with Crippen LogP contribution in [-0.4, -0.2) is 39.2 Å². The van der Waals surface area contributed by atoms with E-state index >= 15 is 0 Å². The number of carboxylic acid groups (broad SMARTS) is 1. The molecule has 4 nitrogen and oxygen atoms in total. The molecular formula is C10H22AlO4. The Labute approximate surface area is 99.3 Å². The van der Waals surface area contributed by atoms with Crippen molar-refractivity contribution in [3.8, 4) is 0 Å². The second-order valence-corrected chi connectivity index (χ2v) is 4.06. The molecule has 2 atom stereocenters. The predicted molar refractivity (Wildman–Crippen MR) is 60.7 cm³/mol. The monoisotopic (exact) mass is 233 g/mol. The van der Waals surface area contributed by atoms with Gasteiger partial charge < -0.3 is 12.7 Å². The standard InChI is InChI=1S/2C4H9O.C2H4O2.Al/c2*1-3-4(2)5;1-2(3)4;/h2*4H,3H2,1-2H3;1H3,(H,3,4);/q2*-1;;+2. The van der Waals surface area contributed by atoms with E-state index in [1.807, 2.05) is 0 Å². The van der Waals surface area contributed by atoms with Gasteiger partial charge in [-0.2, -0.15) is 0 Å². The van der Waals surface area contributed by atoms with Crippen LogP contribution < -0.4 is 0 Å². The largest absolute Gasteiger partial charge is 0.668 e. The van der Waals surface area contributed by atoms with Crippen molar-refractivity contribution in [2.24, 2.45) is 0 Å². The number of rotatable bonds is 6. The Kier molecular flexibility index (Phi) is 13.9. The zero-order chi connectivity index (χ0) is 12.3. The molecule has 0 aromatic rings. The van der Waals surface area contributed by atoms with E-state index in [1.54, 1.807) is 0 Å². The summed E-state index contributed by atoms with van der Waals surface area (Å²) >= 11 is -0.250. The zero-order valence-corrected chi connectivity index (χ0v) is 11.5. The third kappa shape index (κ3) is 20.1. The molecule has 1 N–H and O–H groups in total. The van der Waals surface area contributed by atoms with Crippen LogP contribution in [0.4, 0.5) is 0 Å². The average Bonchev–Trinajstić information content (AvgIpc) is 2.16. The van der Waals surface area contributed by atoms with Gasteiger partial charge in [-0.05, 0) is 26.7 Å². The molecule has 5 heteroatoms. The highest BCUT2D eigenvalue weighted by Gasteiger charge is 2.06. The van der Waals surface area contributed by atoms with Crippen LogP contribution in [0.1, 0.15) is 47.5 Å². The van der Waals surface area contributed by atoms with Gasteiger partial charge in [0.2, 0.25) is 0 Å². The van der Waals surface area contributed by atoms with E-state index < -0.39 is 5.97 Å². The van der Waals surface area contributed by atoms with Crippen molar-refractivity contribution in [3.05, 3.63) is 0 Å². The molecular weight excluding hydrogens is 211 g/mol. The summed E-state index contributed by atoms with van der Waals surface area (Å²) in [6, 6.07) is 0. The molecule has 0 fully saturated rings. The minimum absolute atomic E-state index is 0.250. The quantitative estimate of drug-likeness (QED) is 0.715. The highest BCUT2D eigenvalue weighted by molar-refractivity contribution is 6.18. The third-order valence-electron chi connectivity index (χ3n) is 1.73. The van der Waals surface area contributed by atoms with Crippen molar-refractivity contribution in [2.45, 2.75) is 59.7 Å². The number of hydrogen-bond donors (Lipinski definition) is 1. The number of aliphatic carboxylic acids is 1. The van der Waals surface area contributed by atoms with Gasteiger partial charge in [0.1, 0.15) is 0 Å². The van der Waals surface area contributed by atoms with Crippen molar-refractivity contribution in [3.63, 3.8) is 0 Å². The van der Waals surface area contributed by atoms with Crippen LogP contribution in [0.25, 0.3) is 0 Å². The molecule has 0 spiro atoms. The summed E-state index contributed by atoms with van der Waals surface area (Å²) in [5, 5.41) is 7.42. The molecule has 0 saturated heterocycles. The lowest BCUT2D eigenvalue weighted by Crippen LogP contribution is -2.17. The van der Waals surface area contributed by atoms with Gasteiger partial charge in [0.25, 0.3) is 5.97 Å². The van der Waals surface area contributed by atoms with Gasteiger partial charge in [0.05, 0.1) is 0 Å². The maximum atomic E-state index is 9.00. The first-order valence-corrected chi connectivity index (χ1v) is 6.20. The van der Waals surface area contributed by atoms with Crippen molar-refractivity contribution >= 4 is 21.9 Å². The summed E-state index contributed by atoms with van der Waals surface area (Å²) in [6.45, 7) is 9.47. The van der Waals surface area contributed by atoms with Gasteiger partial charge >= 0.3 is 15.9 Å². The van der Waals surface area contributed by atoms with Crippen molar-refractivity contribution in [2.75, 3.05) is 0 Å². The van der Waals surface area contributed by atoms with E-state index in [2.05, 4.69) is 27.7 Å². The first-order chi connectivity index (χ1) is 6.93. The maximum Gasteiger partial charge on any atom is 0.668 e. The third-order valence-corrected chi connectivity index (χ3v) is 2.88. The fourth-order valence-electron chi connectivity index (χ4n) is 0.414. The van der Waals surface area contributed by atoms with Crippen LogP contribution in [0.15, 0.2) is 0 Å². The van der Waals surface area contributed by atoms with Gasteiger partial charge in [0.15, 0.2) is 0 Å². The Balaban J connectivity index is 0. The Morgan fingerprint density at radius 1 is 1.20 bits per heavy atom. The Hall–Kier alpha value is -0.0775. The minimum atomic E-state index is -0.833. The summed E-state index contributed by atoms with van der Waals surface area (Å²) < 4.78 is 10.8. The molecule has 89 valence electrons. The van der Waals surface area contributed by atoms with Crippen LogP contribution in [-0.2, 0) is 12.4 Å². The topological polar surface area (TPSA) is 55.8 Å². The van der Waals surface area contributed by atoms with E-state index in [9.17, 15) is 0 Å². The van der Waals surface area contributed by atoms with E-state index in [-0.39, 0.29) is 15.9 Å². The Bertz CT molecular complexity index is 138. The number of carbonyl (C=O) groups is 1. The molecule has 0 aromatic heterocycles. The van der Waals surface area contributed by atoms with E-state index in [4.69, 9.17) is 17.5 Å². The molecule has 0 aliphatic heterocycles. The van der Waals surface area contributed by atoms with Crippen LogP contribution in [0.2, 0.25) is 0 Å². The molecule has 0 amide bonds. The lowest BCUT2D eigenvalue weighted by Gasteiger charge is -2.13. The van der Waals surface area contributed by atoms with E-state index in [0.717, 1.165) is 19.8 Å². The van der Waals surface area contributed by atoms with Gasteiger partial charge in [-0.25, -0.2) is 0 Å². The van der Waals surface area contributed by atoms with Crippen LogP contribution in [0.5, 0.6) is 0 Å². The predicted octanol–water partition coefficient (Wildman–Crippen LogP) is 2.24. The fraction of sp³-hybridized carbons (Fsp3) is 0.900. The maximum absolute atomic E-state index is 9.00. The van der Waals surface area contributed by atoms with Crippen LogP contribution in [0, 0.1) is 0 Å². The summed E-state index contributed by atoms with van der Waals surface area (Å²) in [4.78, 5) is 9.00. The van der Waals surface area contributed by atoms with E-state index in [0.29, 0.717) is 12.2 Å². The van der Waals surface area contributed by atoms with Gasteiger partial charge in [-0.15, -0.1) is 0 Å². The smallest absolute Gasteiger partial charge is 0.481 e. The molecule has 0 saturated carbocycles. The normalized spacial score (nSPS) is 13.4. The van der Waals surface area contributed by atoms with E-state index in [1.165, 1.54) is 0 Å². The highest BCUT2D eigenvalue weighted by Crippen LogP contribution is 1.98.